The molecule has 0 saturated carbocycles. The third kappa shape index (κ3) is 7.02. The standard InChI is InChI=1S/C35H44N2O4/c1-9-23(4)37(8)35(36-24(5)27-15-11-10-12-16-27)28-18-19-29(22(3)20-28)31-21(2)14-13-17-30(31)32(33(40)25(6)38)34(41)26(7)39/h10-20,23-24,31,35-36,38-41H,2,6,9H2,1,3-5,7-8H3/b33-32+,34-26-. The number of hydrogen-bond acceptors (Lipinski definition) is 6. The minimum absolute atomic E-state index is 0.0568. The molecular weight excluding hydrogens is 512 g/mol. The molecule has 1 aliphatic carbocycles. The largest absolute Gasteiger partial charge is 0.509 e. The summed E-state index contributed by atoms with van der Waals surface area (Å²) in [6.07, 6.45) is 6.32. The highest BCUT2D eigenvalue weighted by molar-refractivity contribution is 5.61. The molecule has 0 heterocycles. The Hall–Kier alpha value is -4.00. The molecule has 1 aliphatic rings. The van der Waals surface area contributed by atoms with E-state index in [2.05, 4.69) is 81.5 Å². The van der Waals surface area contributed by atoms with Crippen LogP contribution in [-0.2, 0) is 0 Å². The Balaban J connectivity index is 2.10. The van der Waals surface area contributed by atoms with Crippen LogP contribution in [0.25, 0.3) is 0 Å². The van der Waals surface area contributed by atoms with Gasteiger partial charge in [-0.15, -0.1) is 0 Å². The first-order valence-electron chi connectivity index (χ1n) is 14.0. The molecule has 0 spiro atoms. The smallest absolute Gasteiger partial charge is 0.168 e. The number of hydrogen-bond donors (Lipinski definition) is 5. The minimum atomic E-state index is -0.616. The maximum Gasteiger partial charge on any atom is 0.168 e. The summed E-state index contributed by atoms with van der Waals surface area (Å²) in [5.74, 6) is -2.61. The first kappa shape index (κ1) is 31.5. The molecule has 0 radical (unpaired) electrons. The molecule has 0 aromatic heterocycles. The molecule has 6 heteroatoms. The van der Waals surface area contributed by atoms with E-state index in [9.17, 15) is 20.4 Å². The van der Waals surface area contributed by atoms with E-state index >= 15 is 0 Å². The molecule has 2 aromatic rings. The van der Waals surface area contributed by atoms with Gasteiger partial charge in [-0.25, -0.2) is 0 Å². The zero-order valence-electron chi connectivity index (χ0n) is 25.0. The first-order chi connectivity index (χ1) is 19.4. The zero-order valence-corrected chi connectivity index (χ0v) is 25.0. The van der Waals surface area contributed by atoms with Gasteiger partial charge < -0.3 is 20.4 Å². The van der Waals surface area contributed by atoms with E-state index in [1.54, 1.807) is 12.2 Å². The highest BCUT2D eigenvalue weighted by atomic mass is 16.3. The second kappa shape index (κ2) is 13.6. The lowest BCUT2D eigenvalue weighted by Gasteiger charge is -2.36. The fraction of sp³-hybridized carbons (Fsp3) is 0.314. The van der Waals surface area contributed by atoms with Gasteiger partial charge >= 0.3 is 0 Å². The number of aliphatic hydroxyl groups excluding tert-OH is 4. The quantitative estimate of drug-likeness (QED) is 0.108. The average Bonchev–Trinajstić information content (AvgIpc) is 2.95. The summed E-state index contributed by atoms with van der Waals surface area (Å²) in [7, 11) is 2.13. The fourth-order valence-electron chi connectivity index (χ4n) is 5.23. The van der Waals surface area contributed by atoms with Crippen LogP contribution in [-0.4, -0.2) is 38.4 Å². The summed E-state index contributed by atoms with van der Waals surface area (Å²) in [6, 6.07) is 17.1. The zero-order chi connectivity index (χ0) is 30.4. The number of aryl methyl sites for hydroxylation is 1. The number of benzene rings is 2. The van der Waals surface area contributed by atoms with Crippen LogP contribution < -0.4 is 5.32 Å². The van der Waals surface area contributed by atoms with Gasteiger partial charge in [-0.1, -0.05) is 86.8 Å². The van der Waals surface area contributed by atoms with Crippen LogP contribution >= 0.6 is 0 Å². The van der Waals surface area contributed by atoms with Crippen molar-refractivity contribution in [3.8, 4) is 0 Å². The van der Waals surface area contributed by atoms with Gasteiger partial charge in [-0.2, -0.15) is 0 Å². The molecule has 218 valence electrons. The van der Waals surface area contributed by atoms with E-state index in [1.807, 2.05) is 31.2 Å². The van der Waals surface area contributed by atoms with E-state index in [0.29, 0.717) is 11.6 Å². The van der Waals surface area contributed by atoms with E-state index < -0.39 is 29.0 Å². The second-order valence-corrected chi connectivity index (χ2v) is 10.8. The van der Waals surface area contributed by atoms with Gasteiger partial charge in [0.2, 0.25) is 0 Å². The molecule has 0 aliphatic heterocycles. The van der Waals surface area contributed by atoms with Crippen molar-refractivity contribution in [2.45, 2.75) is 65.2 Å². The maximum atomic E-state index is 10.8. The molecule has 4 atom stereocenters. The third-order valence-corrected chi connectivity index (χ3v) is 7.97. The maximum absolute atomic E-state index is 10.8. The third-order valence-electron chi connectivity index (χ3n) is 7.97. The molecule has 0 bridgehead atoms. The van der Waals surface area contributed by atoms with Gasteiger partial charge in [0.25, 0.3) is 0 Å². The highest BCUT2D eigenvalue weighted by Crippen LogP contribution is 2.43. The van der Waals surface area contributed by atoms with Crippen molar-refractivity contribution in [3.63, 3.8) is 0 Å². The van der Waals surface area contributed by atoms with Crippen LogP contribution in [0.5, 0.6) is 0 Å². The summed E-state index contributed by atoms with van der Waals surface area (Å²) < 4.78 is 0. The van der Waals surface area contributed by atoms with Crippen LogP contribution in [0.1, 0.15) is 74.5 Å². The fourth-order valence-corrected chi connectivity index (χ4v) is 5.23. The van der Waals surface area contributed by atoms with Gasteiger partial charge in [-0.3, -0.25) is 10.2 Å². The van der Waals surface area contributed by atoms with E-state index in [1.165, 1.54) is 12.5 Å². The Morgan fingerprint density at radius 1 is 1.00 bits per heavy atom. The van der Waals surface area contributed by atoms with Crippen LogP contribution in [0.4, 0.5) is 0 Å². The number of nitrogens with one attached hydrogen (secondary N) is 1. The summed E-state index contributed by atoms with van der Waals surface area (Å²) in [6.45, 7) is 17.6. The van der Waals surface area contributed by atoms with Crippen molar-refractivity contribution >= 4 is 0 Å². The predicted octanol–water partition coefficient (Wildman–Crippen LogP) is 8.44. The van der Waals surface area contributed by atoms with Crippen LogP contribution in [0.15, 0.2) is 120 Å². The van der Waals surface area contributed by atoms with Gasteiger partial charge in [0, 0.05) is 18.0 Å². The Bertz CT molecular complexity index is 1400. The second-order valence-electron chi connectivity index (χ2n) is 10.8. The summed E-state index contributed by atoms with van der Waals surface area (Å²) in [4.78, 5) is 2.35. The molecule has 0 fully saturated rings. The molecule has 2 aromatic carbocycles. The SMILES string of the molecule is C=C(O)/C(O)=C(C1=CC=CC(=C)C1c1ccc(C(NC(C)c2ccccc2)N(C)C(C)CC)cc1C)\C(O)=C(/C)O. The van der Waals surface area contributed by atoms with Crippen molar-refractivity contribution in [2.24, 2.45) is 0 Å². The van der Waals surface area contributed by atoms with Gasteiger partial charge in [-0.05, 0) is 74.6 Å². The lowest BCUT2D eigenvalue weighted by atomic mass is 9.76. The van der Waals surface area contributed by atoms with Crippen LogP contribution in [0.3, 0.4) is 0 Å². The summed E-state index contributed by atoms with van der Waals surface area (Å²) in [5.41, 5.74) is 5.36. The summed E-state index contributed by atoms with van der Waals surface area (Å²) in [5, 5.41) is 45.4. The lowest BCUT2D eigenvalue weighted by Crippen LogP contribution is -2.41. The number of nitrogens with zero attached hydrogens (tertiary/aromatic N) is 1. The Kier molecular flexibility index (Phi) is 10.4. The Morgan fingerprint density at radius 2 is 1.66 bits per heavy atom. The first-order valence-corrected chi connectivity index (χ1v) is 14.0. The highest BCUT2D eigenvalue weighted by Gasteiger charge is 2.31. The molecule has 41 heavy (non-hydrogen) atoms. The van der Waals surface area contributed by atoms with Crippen molar-refractivity contribution in [1.82, 2.24) is 10.2 Å². The topological polar surface area (TPSA) is 96.2 Å². The van der Waals surface area contributed by atoms with Gasteiger partial charge in [0.1, 0.15) is 5.76 Å². The molecule has 0 saturated heterocycles. The predicted molar refractivity (Wildman–Crippen MR) is 168 cm³/mol. The van der Waals surface area contributed by atoms with E-state index in [0.717, 1.165) is 28.7 Å². The van der Waals surface area contributed by atoms with E-state index in [-0.39, 0.29) is 17.8 Å². The monoisotopic (exact) mass is 556 g/mol. The van der Waals surface area contributed by atoms with Crippen LogP contribution in [0.2, 0.25) is 0 Å². The van der Waals surface area contributed by atoms with Gasteiger partial charge in [0.15, 0.2) is 17.3 Å². The summed E-state index contributed by atoms with van der Waals surface area (Å²) >= 11 is 0. The van der Waals surface area contributed by atoms with Crippen molar-refractivity contribution in [3.05, 3.63) is 142 Å². The van der Waals surface area contributed by atoms with Crippen molar-refractivity contribution < 1.29 is 20.4 Å². The number of allylic oxidation sites excluding steroid dienone is 6. The number of rotatable bonds is 11. The van der Waals surface area contributed by atoms with Crippen LogP contribution in [0, 0.1) is 6.92 Å². The lowest BCUT2D eigenvalue weighted by molar-refractivity contribution is 0.141. The minimum Gasteiger partial charge on any atom is -0.509 e. The molecule has 6 nitrogen and oxygen atoms in total. The molecule has 0 amide bonds. The van der Waals surface area contributed by atoms with Gasteiger partial charge in [0.05, 0.1) is 11.7 Å². The number of aliphatic hydroxyl groups is 4. The van der Waals surface area contributed by atoms with Crippen molar-refractivity contribution in [2.75, 3.05) is 7.05 Å². The normalized spacial score (nSPS) is 18.8. The molecule has 5 N–H and O–H groups in total. The van der Waals surface area contributed by atoms with E-state index in [4.69, 9.17) is 0 Å². The van der Waals surface area contributed by atoms with Crippen molar-refractivity contribution in [1.29, 1.82) is 0 Å². The Morgan fingerprint density at radius 3 is 2.22 bits per heavy atom. The molecule has 3 rings (SSSR count). The molecular formula is C35H44N2O4. The average molecular weight is 557 g/mol. The Labute approximate surface area is 244 Å². The molecule has 4 unspecified atom stereocenters.